The summed E-state index contributed by atoms with van der Waals surface area (Å²) in [6.07, 6.45) is 2.98. The van der Waals surface area contributed by atoms with E-state index in [1.54, 1.807) is 6.33 Å². The van der Waals surface area contributed by atoms with Crippen molar-refractivity contribution in [1.82, 2.24) is 19.7 Å². The van der Waals surface area contributed by atoms with E-state index < -0.39 is 0 Å². The number of hydrogen-bond donors (Lipinski definition) is 1. The molecule has 72 valence electrons. The van der Waals surface area contributed by atoms with Gasteiger partial charge >= 0.3 is 0 Å². The Morgan fingerprint density at radius 2 is 2.62 bits per heavy atom. The molecule has 0 saturated carbocycles. The maximum absolute atomic E-state index is 5.12. The van der Waals surface area contributed by atoms with Crippen LogP contribution in [0, 0.1) is 4.77 Å². The predicted molar refractivity (Wildman–Crippen MR) is 53.2 cm³/mol. The number of nitrogens with zero attached hydrogens (tertiary/aromatic N) is 3. The van der Waals surface area contributed by atoms with Crippen LogP contribution in [0.15, 0.2) is 6.33 Å². The molecule has 0 aromatic carbocycles. The van der Waals surface area contributed by atoms with Crippen LogP contribution in [0.4, 0.5) is 0 Å². The molecule has 2 heterocycles. The molecule has 1 aromatic heterocycles. The number of aromatic nitrogens is 3. The molecule has 0 amide bonds. The van der Waals surface area contributed by atoms with Crippen molar-refractivity contribution in [3.63, 3.8) is 0 Å². The van der Waals surface area contributed by atoms with Crippen LogP contribution in [0.3, 0.4) is 0 Å². The summed E-state index contributed by atoms with van der Waals surface area (Å²) in [4.78, 5) is 2.43. The van der Waals surface area contributed by atoms with Crippen LogP contribution in [0.2, 0.25) is 0 Å². The number of hydrogen-bond acceptors (Lipinski definition) is 3. The van der Waals surface area contributed by atoms with Crippen LogP contribution in [0.1, 0.15) is 19.4 Å². The van der Waals surface area contributed by atoms with Crippen LogP contribution in [0.25, 0.3) is 0 Å². The Balaban J connectivity index is 2.12. The molecule has 1 aromatic rings. The first-order chi connectivity index (χ1) is 6.31. The van der Waals surface area contributed by atoms with Crippen LogP contribution in [-0.2, 0) is 0 Å². The van der Waals surface area contributed by atoms with Crippen LogP contribution in [0.5, 0.6) is 0 Å². The SMILES string of the molecule is CCN1CCC(n2cn[nH]c2=S)C1. The molecular weight excluding hydrogens is 184 g/mol. The Morgan fingerprint density at radius 3 is 3.15 bits per heavy atom. The van der Waals surface area contributed by atoms with Crippen molar-refractivity contribution in [2.24, 2.45) is 0 Å². The highest BCUT2D eigenvalue weighted by atomic mass is 32.1. The molecule has 4 nitrogen and oxygen atoms in total. The van der Waals surface area contributed by atoms with Gasteiger partial charge in [0.05, 0.1) is 6.04 Å². The molecule has 1 saturated heterocycles. The van der Waals surface area contributed by atoms with Gasteiger partial charge < -0.3 is 9.47 Å². The van der Waals surface area contributed by atoms with E-state index in [1.165, 1.54) is 13.0 Å². The van der Waals surface area contributed by atoms with E-state index in [2.05, 4.69) is 26.6 Å². The summed E-state index contributed by atoms with van der Waals surface area (Å²) in [5.74, 6) is 0. The van der Waals surface area contributed by atoms with Gasteiger partial charge in [0.25, 0.3) is 0 Å². The molecule has 1 aliphatic heterocycles. The first kappa shape index (κ1) is 8.90. The Morgan fingerprint density at radius 1 is 1.77 bits per heavy atom. The number of aromatic amines is 1. The van der Waals surface area contributed by atoms with Gasteiger partial charge in [-0.1, -0.05) is 6.92 Å². The maximum Gasteiger partial charge on any atom is 0.195 e. The van der Waals surface area contributed by atoms with Gasteiger partial charge in [0.2, 0.25) is 0 Å². The van der Waals surface area contributed by atoms with Gasteiger partial charge in [-0.3, -0.25) is 5.10 Å². The van der Waals surface area contributed by atoms with E-state index in [-0.39, 0.29) is 0 Å². The predicted octanol–water partition coefficient (Wildman–Crippen LogP) is 1.21. The highest BCUT2D eigenvalue weighted by Crippen LogP contribution is 2.20. The molecule has 0 bridgehead atoms. The topological polar surface area (TPSA) is 36.9 Å². The molecule has 1 aliphatic rings. The van der Waals surface area contributed by atoms with Gasteiger partial charge in [-0.05, 0) is 25.2 Å². The highest BCUT2D eigenvalue weighted by Gasteiger charge is 2.22. The molecule has 0 aliphatic carbocycles. The minimum absolute atomic E-state index is 0.520. The smallest absolute Gasteiger partial charge is 0.195 e. The minimum Gasteiger partial charge on any atom is -0.302 e. The van der Waals surface area contributed by atoms with Crippen molar-refractivity contribution in [3.05, 3.63) is 11.1 Å². The third-order valence-electron chi connectivity index (χ3n) is 2.66. The Kier molecular flexibility index (Phi) is 2.46. The van der Waals surface area contributed by atoms with Gasteiger partial charge in [-0.2, -0.15) is 5.10 Å². The van der Waals surface area contributed by atoms with Crippen LogP contribution >= 0.6 is 12.2 Å². The third-order valence-corrected chi connectivity index (χ3v) is 2.97. The van der Waals surface area contributed by atoms with Gasteiger partial charge in [-0.25, -0.2) is 0 Å². The van der Waals surface area contributed by atoms with Crippen molar-refractivity contribution in [3.8, 4) is 0 Å². The molecule has 13 heavy (non-hydrogen) atoms. The second-order valence-electron chi connectivity index (χ2n) is 3.40. The summed E-state index contributed by atoms with van der Waals surface area (Å²) in [5.41, 5.74) is 0. The summed E-state index contributed by atoms with van der Waals surface area (Å²) >= 11 is 5.12. The summed E-state index contributed by atoms with van der Waals surface area (Å²) in [6.45, 7) is 5.59. The van der Waals surface area contributed by atoms with E-state index >= 15 is 0 Å². The molecule has 2 rings (SSSR count). The largest absolute Gasteiger partial charge is 0.302 e. The zero-order valence-electron chi connectivity index (χ0n) is 7.73. The van der Waals surface area contributed by atoms with Gasteiger partial charge in [0, 0.05) is 13.1 Å². The molecule has 0 spiro atoms. The van der Waals surface area contributed by atoms with E-state index in [0.717, 1.165) is 17.9 Å². The van der Waals surface area contributed by atoms with E-state index in [0.29, 0.717) is 6.04 Å². The Bertz CT molecular complexity index is 329. The first-order valence-electron chi connectivity index (χ1n) is 4.65. The van der Waals surface area contributed by atoms with Crippen molar-refractivity contribution in [2.75, 3.05) is 19.6 Å². The Hall–Kier alpha value is -0.680. The lowest BCUT2D eigenvalue weighted by Crippen LogP contribution is -2.20. The van der Waals surface area contributed by atoms with Crippen molar-refractivity contribution >= 4 is 12.2 Å². The fourth-order valence-corrected chi connectivity index (χ4v) is 2.09. The highest BCUT2D eigenvalue weighted by molar-refractivity contribution is 7.71. The van der Waals surface area contributed by atoms with Gasteiger partial charge in [0.1, 0.15) is 6.33 Å². The van der Waals surface area contributed by atoms with E-state index in [4.69, 9.17) is 12.2 Å². The molecule has 0 radical (unpaired) electrons. The quantitative estimate of drug-likeness (QED) is 0.726. The van der Waals surface area contributed by atoms with Gasteiger partial charge in [-0.15, -0.1) is 0 Å². The minimum atomic E-state index is 0.520. The van der Waals surface area contributed by atoms with Crippen molar-refractivity contribution < 1.29 is 0 Å². The number of rotatable bonds is 2. The van der Waals surface area contributed by atoms with E-state index in [9.17, 15) is 0 Å². The third kappa shape index (κ3) is 1.66. The maximum atomic E-state index is 5.12. The fourth-order valence-electron chi connectivity index (χ4n) is 1.84. The lowest BCUT2D eigenvalue weighted by molar-refractivity contribution is 0.340. The number of nitrogens with one attached hydrogen (secondary N) is 1. The average Bonchev–Trinajstić information content (AvgIpc) is 2.71. The van der Waals surface area contributed by atoms with Crippen molar-refractivity contribution in [1.29, 1.82) is 0 Å². The van der Waals surface area contributed by atoms with Crippen molar-refractivity contribution in [2.45, 2.75) is 19.4 Å². The molecule has 1 atom stereocenters. The monoisotopic (exact) mass is 198 g/mol. The normalized spacial score (nSPS) is 23.9. The lowest BCUT2D eigenvalue weighted by atomic mass is 10.3. The molecule has 1 N–H and O–H groups in total. The molecular formula is C8H14N4S. The first-order valence-corrected chi connectivity index (χ1v) is 5.06. The molecule has 1 unspecified atom stereocenters. The molecule has 5 heteroatoms. The van der Waals surface area contributed by atoms with E-state index in [1.807, 2.05) is 0 Å². The van der Waals surface area contributed by atoms with Crippen LogP contribution in [-0.4, -0.2) is 39.3 Å². The summed E-state index contributed by atoms with van der Waals surface area (Å²) in [7, 11) is 0. The van der Waals surface area contributed by atoms with Crippen LogP contribution < -0.4 is 0 Å². The number of H-pyrrole nitrogens is 1. The van der Waals surface area contributed by atoms with Gasteiger partial charge in [0.15, 0.2) is 4.77 Å². The standard InChI is InChI=1S/C8H14N4S/c1-2-11-4-3-7(5-11)12-6-9-10-8(12)13/h6-7H,2-5H2,1H3,(H,10,13). The summed E-state index contributed by atoms with van der Waals surface area (Å²) in [6, 6.07) is 0.520. The average molecular weight is 198 g/mol. The Labute approximate surface area is 82.6 Å². The second kappa shape index (κ2) is 3.59. The zero-order valence-corrected chi connectivity index (χ0v) is 8.55. The zero-order chi connectivity index (χ0) is 9.26. The second-order valence-corrected chi connectivity index (χ2v) is 3.79. The number of likely N-dealkylation sites (tertiary alicyclic amines) is 1. The number of likely N-dealkylation sites (N-methyl/N-ethyl adjacent to an activating group) is 1. The summed E-state index contributed by atoms with van der Waals surface area (Å²) < 4.78 is 2.80. The molecule has 1 fully saturated rings. The lowest BCUT2D eigenvalue weighted by Gasteiger charge is -2.13. The fraction of sp³-hybridized carbons (Fsp3) is 0.750. The summed E-state index contributed by atoms with van der Waals surface area (Å²) in [5, 5.41) is 6.72.